The van der Waals surface area contributed by atoms with Gasteiger partial charge in [0.05, 0.1) is 11.4 Å². The molecule has 0 radical (unpaired) electrons. The molecule has 4 heteroatoms. The number of benzene rings is 1. The van der Waals surface area contributed by atoms with Crippen LogP contribution < -0.4 is 5.32 Å². The van der Waals surface area contributed by atoms with E-state index in [0.717, 1.165) is 40.9 Å². The van der Waals surface area contributed by atoms with E-state index < -0.39 is 0 Å². The molecule has 0 bridgehead atoms. The summed E-state index contributed by atoms with van der Waals surface area (Å²) < 4.78 is 2.06. The molecule has 2 rings (SSSR count). The Hall–Kier alpha value is -1.48. The van der Waals surface area contributed by atoms with Gasteiger partial charge in [-0.15, -0.1) is 0 Å². The molecule has 0 unspecified atom stereocenters. The second-order valence-electron chi connectivity index (χ2n) is 4.39. The zero-order valence-corrected chi connectivity index (χ0v) is 11.8. The van der Waals surface area contributed by atoms with E-state index in [1.807, 2.05) is 32.2 Å². The van der Waals surface area contributed by atoms with Crippen LogP contribution in [0.25, 0.3) is 5.69 Å². The van der Waals surface area contributed by atoms with Gasteiger partial charge in [0.1, 0.15) is 0 Å². The maximum Gasteiger partial charge on any atom is 0.207 e. The Labute approximate surface area is 113 Å². The van der Waals surface area contributed by atoms with Gasteiger partial charge in [0, 0.05) is 17.8 Å². The summed E-state index contributed by atoms with van der Waals surface area (Å²) in [6, 6.07) is 5.92. The van der Waals surface area contributed by atoms with E-state index in [0.29, 0.717) is 0 Å². The van der Waals surface area contributed by atoms with Crippen LogP contribution in [-0.4, -0.2) is 16.1 Å². The summed E-state index contributed by atoms with van der Waals surface area (Å²) in [6.45, 7) is 7.07. The highest BCUT2D eigenvalue weighted by Gasteiger charge is 2.10. The number of hydrogen-bond donors (Lipinski definition) is 1. The van der Waals surface area contributed by atoms with E-state index in [2.05, 4.69) is 27.9 Å². The van der Waals surface area contributed by atoms with Gasteiger partial charge in [-0.2, -0.15) is 0 Å². The number of rotatable bonds is 4. The minimum absolute atomic E-state index is 0.778. The second-order valence-corrected chi connectivity index (χ2v) is 4.79. The Morgan fingerprint density at radius 3 is 2.83 bits per heavy atom. The van der Waals surface area contributed by atoms with Gasteiger partial charge >= 0.3 is 0 Å². The highest BCUT2D eigenvalue weighted by Crippen LogP contribution is 2.25. The lowest BCUT2D eigenvalue weighted by Gasteiger charge is -2.12. The first-order chi connectivity index (χ1) is 8.63. The predicted octanol–water partition coefficient (Wildman–Crippen LogP) is 3.96. The summed E-state index contributed by atoms with van der Waals surface area (Å²) in [5.74, 6) is 0.875. The Morgan fingerprint density at radius 2 is 2.11 bits per heavy atom. The quantitative estimate of drug-likeness (QED) is 0.905. The minimum Gasteiger partial charge on any atom is -0.355 e. The van der Waals surface area contributed by atoms with E-state index >= 15 is 0 Å². The summed E-state index contributed by atoms with van der Waals surface area (Å²) >= 11 is 6.17. The van der Waals surface area contributed by atoms with Crippen molar-refractivity contribution < 1.29 is 0 Å². The van der Waals surface area contributed by atoms with E-state index in [1.54, 1.807) is 0 Å². The molecule has 2 aromatic rings. The third kappa shape index (κ3) is 2.51. The Balaban J connectivity index is 2.46. The SMILES string of the molecule is CCCNc1nc(C)cn1-c1cccc(Cl)c1C. The molecule has 0 aliphatic rings. The van der Waals surface area contributed by atoms with E-state index in [1.165, 1.54) is 0 Å². The van der Waals surface area contributed by atoms with Gasteiger partial charge in [-0.1, -0.05) is 24.6 Å². The molecule has 18 heavy (non-hydrogen) atoms. The summed E-state index contributed by atoms with van der Waals surface area (Å²) in [7, 11) is 0. The van der Waals surface area contributed by atoms with E-state index in [9.17, 15) is 0 Å². The number of aryl methyl sites for hydroxylation is 1. The van der Waals surface area contributed by atoms with Crippen molar-refractivity contribution in [1.82, 2.24) is 9.55 Å². The van der Waals surface area contributed by atoms with Crippen LogP contribution in [0.4, 0.5) is 5.95 Å². The largest absolute Gasteiger partial charge is 0.355 e. The molecule has 0 spiro atoms. The van der Waals surface area contributed by atoms with E-state index in [-0.39, 0.29) is 0 Å². The lowest BCUT2D eigenvalue weighted by molar-refractivity contribution is 0.934. The Morgan fingerprint density at radius 1 is 1.33 bits per heavy atom. The maximum atomic E-state index is 6.17. The van der Waals surface area contributed by atoms with Crippen LogP contribution in [-0.2, 0) is 0 Å². The first-order valence-corrected chi connectivity index (χ1v) is 6.56. The van der Waals surface area contributed by atoms with Crippen LogP contribution in [0.5, 0.6) is 0 Å². The van der Waals surface area contributed by atoms with Gasteiger partial charge in [0.2, 0.25) is 5.95 Å². The fourth-order valence-electron chi connectivity index (χ4n) is 1.90. The fraction of sp³-hybridized carbons (Fsp3) is 0.357. The summed E-state index contributed by atoms with van der Waals surface area (Å²) in [5, 5.41) is 4.12. The van der Waals surface area contributed by atoms with Gasteiger partial charge in [-0.25, -0.2) is 4.98 Å². The Kier molecular flexibility index (Phi) is 3.92. The first kappa shape index (κ1) is 13.0. The molecule has 0 saturated carbocycles. The van der Waals surface area contributed by atoms with Crippen molar-refractivity contribution in [2.24, 2.45) is 0 Å². The van der Waals surface area contributed by atoms with Crippen molar-refractivity contribution in [3.05, 3.63) is 40.7 Å². The lowest BCUT2D eigenvalue weighted by Crippen LogP contribution is -2.07. The number of nitrogens with zero attached hydrogens (tertiary/aromatic N) is 2. The number of aromatic nitrogens is 2. The molecule has 0 atom stereocenters. The Bertz CT molecular complexity index is 546. The van der Waals surface area contributed by atoms with Crippen LogP contribution >= 0.6 is 11.6 Å². The van der Waals surface area contributed by atoms with Crippen LogP contribution in [0.2, 0.25) is 5.02 Å². The lowest BCUT2D eigenvalue weighted by atomic mass is 10.2. The van der Waals surface area contributed by atoms with Gasteiger partial charge in [0.15, 0.2) is 0 Å². The van der Waals surface area contributed by atoms with Crippen molar-refractivity contribution in [2.45, 2.75) is 27.2 Å². The highest BCUT2D eigenvalue weighted by atomic mass is 35.5. The van der Waals surface area contributed by atoms with Gasteiger partial charge < -0.3 is 5.32 Å². The van der Waals surface area contributed by atoms with Crippen LogP contribution in [0.3, 0.4) is 0 Å². The standard InChI is InChI=1S/C14H18ClN3/c1-4-8-16-14-17-10(2)9-18(14)13-7-5-6-12(15)11(13)3/h5-7,9H,4,8H2,1-3H3,(H,16,17). The van der Waals surface area contributed by atoms with Gasteiger partial charge in [0.25, 0.3) is 0 Å². The van der Waals surface area contributed by atoms with Crippen molar-refractivity contribution >= 4 is 17.5 Å². The molecule has 0 saturated heterocycles. The molecular formula is C14H18ClN3. The third-order valence-corrected chi connectivity index (χ3v) is 3.27. The molecule has 0 amide bonds. The maximum absolute atomic E-state index is 6.17. The summed E-state index contributed by atoms with van der Waals surface area (Å²) in [4.78, 5) is 4.50. The molecule has 1 aromatic heterocycles. The van der Waals surface area contributed by atoms with Crippen molar-refractivity contribution in [1.29, 1.82) is 0 Å². The number of halogens is 1. The van der Waals surface area contributed by atoms with Crippen molar-refractivity contribution in [3.63, 3.8) is 0 Å². The minimum atomic E-state index is 0.778. The number of hydrogen-bond acceptors (Lipinski definition) is 2. The van der Waals surface area contributed by atoms with Gasteiger partial charge in [-0.05, 0) is 38.0 Å². The predicted molar refractivity (Wildman–Crippen MR) is 76.8 cm³/mol. The van der Waals surface area contributed by atoms with E-state index in [4.69, 9.17) is 11.6 Å². The van der Waals surface area contributed by atoms with Crippen molar-refractivity contribution in [2.75, 3.05) is 11.9 Å². The highest BCUT2D eigenvalue weighted by molar-refractivity contribution is 6.31. The summed E-state index contributed by atoms with van der Waals surface area (Å²) in [6.07, 6.45) is 3.09. The van der Waals surface area contributed by atoms with Crippen molar-refractivity contribution in [3.8, 4) is 5.69 Å². The molecule has 1 aromatic carbocycles. The summed E-state index contributed by atoms with van der Waals surface area (Å²) in [5.41, 5.74) is 3.13. The molecule has 0 aliphatic carbocycles. The molecule has 96 valence electrons. The first-order valence-electron chi connectivity index (χ1n) is 6.18. The van der Waals surface area contributed by atoms with Crippen LogP contribution in [0, 0.1) is 13.8 Å². The number of imidazole rings is 1. The smallest absolute Gasteiger partial charge is 0.207 e. The third-order valence-electron chi connectivity index (χ3n) is 2.86. The van der Waals surface area contributed by atoms with Gasteiger partial charge in [-0.3, -0.25) is 4.57 Å². The number of anilines is 1. The molecular weight excluding hydrogens is 246 g/mol. The second kappa shape index (κ2) is 5.44. The number of nitrogens with one attached hydrogen (secondary N) is 1. The molecule has 0 fully saturated rings. The molecule has 1 heterocycles. The topological polar surface area (TPSA) is 29.9 Å². The van der Waals surface area contributed by atoms with Crippen LogP contribution in [0.15, 0.2) is 24.4 Å². The monoisotopic (exact) mass is 263 g/mol. The molecule has 3 nitrogen and oxygen atoms in total. The average Bonchev–Trinajstić information content (AvgIpc) is 2.71. The molecule has 0 aliphatic heterocycles. The zero-order valence-electron chi connectivity index (χ0n) is 11.0. The molecule has 1 N–H and O–H groups in total. The van der Waals surface area contributed by atoms with Crippen LogP contribution in [0.1, 0.15) is 24.6 Å². The fourth-order valence-corrected chi connectivity index (χ4v) is 2.07. The normalized spacial score (nSPS) is 10.7. The zero-order chi connectivity index (χ0) is 13.1. The average molecular weight is 264 g/mol.